The van der Waals surface area contributed by atoms with Gasteiger partial charge in [0.1, 0.15) is 17.2 Å². The lowest BCUT2D eigenvalue weighted by Gasteiger charge is -2.43. The molecule has 1 N–H and O–H groups in total. The fraction of sp³-hybridized carbons (Fsp3) is 0.476. The van der Waals surface area contributed by atoms with Crippen LogP contribution in [0.3, 0.4) is 0 Å². The van der Waals surface area contributed by atoms with Gasteiger partial charge in [-0.3, -0.25) is 19.2 Å². The van der Waals surface area contributed by atoms with Crippen molar-refractivity contribution in [1.82, 2.24) is 14.7 Å². The van der Waals surface area contributed by atoms with Crippen LogP contribution in [-0.4, -0.2) is 51.6 Å². The summed E-state index contributed by atoms with van der Waals surface area (Å²) in [7, 11) is 1.81. The van der Waals surface area contributed by atoms with Crippen LogP contribution in [0.15, 0.2) is 24.3 Å². The molecule has 1 amide bonds. The third kappa shape index (κ3) is 3.67. The number of piperidine rings is 1. The van der Waals surface area contributed by atoms with E-state index in [0.717, 1.165) is 37.2 Å². The zero-order valence-corrected chi connectivity index (χ0v) is 16.6. The van der Waals surface area contributed by atoms with Crippen LogP contribution in [0.5, 0.6) is 5.75 Å². The Morgan fingerprint density at radius 1 is 1.25 bits per heavy atom. The molecule has 0 bridgehead atoms. The number of amides is 1. The van der Waals surface area contributed by atoms with Crippen LogP contribution in [0, 0.1) is 13.8 Å². The van der Waals surface area contributed by atoms with Gasteiger partial charge in [0.25, 0.3) is 0 Å². The topological polar surface area (TPSA) is 76.5 Å². The quantitative estimate of drug-likeness (QED) is 0.883. The second-order valence-electron chi connectivity index (χ2n) is 8.00. The predicted octanol–water partition coefficient (Wildman–Crippen LogP) is 2.48. The van der Waals surface area contributed by atoms with Gasteiger partial charge in [-0.05, 0) is 26.0 Å². The van der Waals surface area contributed by atoms with E-state index in [-0.39, 0.29) is 11.7 Å². The molecule has 0 atom stereocenters. The third-order valence-electron chi connectivity index (χ3n) is 5.65. The number of carbonyl (C=O) groups is 2. The molecule has 1 aromatic carbocycles. The summed E-state index contributed by atoms with van der Waals surface area (Å²) in [6.45, 7) is 5.65. The molecule has 7 heteroatoms. The normalized spacial score (nSPS) is 18.6. The van der Waals surface area contributed by atoms with Crippen LogP contribution in [0.25, 0.3) is 0 Å². The molecule has 0 unspecified atom stereocenters. The van der Waals surface area contributed by atoms with E-state index in [1.807, 2.05) is 45.2 Å². The van der Waals surface area contributed by atoms with Crippen molar-refractivity contribution in [3.63, 3.8) is 0 Å². The number of Topliss-reactive ketones (excluding diaryl/α,β-unsaturated/α-hetero) is 1. The Morgan fingerprint density at radius 3 is 2.68 bits per heavy atom. The highest BCUT2D eigenvalue weighted by Crippen LogP contribution is 2.39. The minimum absolute atomic E-state index is 0.0552. The molecule has 0 aliphatic carbocycles. The lowest BCUT2D eigenvalue weighted by Crippen LogP contribution is -2.52. The molecule has 7 nitrogen and oxygen atoms in total. The summed E-state index contributed by atoms with van der Waals surface area (Å²) in [6, 6.07) is 7.64. The molecular weight excluding hydrogens is 356 g/mol. The van der Waals surface area contributed by atoms with Gasteiger partial charge in [-0.25, -0.2) is 0 Å². The minimum atomic E-state index is -0.439. The molecule has 1 aromatic heterocycles. The lowest BCUT2D eigenvalue weighted by molar-refractivity contribution is -0.118. The first-order chi connectivity index (χ1) is 13.3. The second kappa shape index (κ2) is 7.05. The number of aryl methyl sites for hydroxylation is 3. The van der Waals surface area contributed by atoms with Crippen molar-refractivity contribution in [2.75, 3.05) is 25.0 Å². The Balaban J connectivity index is 1.36. The van der Waals surface area contributed by atoms with E-state index in [4.69, 9.17) is 4.74 Å². The summed E-state index contributed by atoms with van der Waals surface area (Å²) in [5.41, 5.74) is 2.19. The zero-order chi connectivity index (χ0) is 19.9. The number of nitrogens with zero attached hydrogens (tertiary/aromatic N) is 3. The number of aromatic nitrogens is 2. The molecule has 148 valence electrons. The fourth-order valence-corrected chi connectivity index (χ4v) is 4.12. The van der Waals surface area contributed by atoms with Crippen LogP contribution >= 0.6 is 0 Å². The number of likely N-dealkylation sites (tertiary alicyclic amines) is 1. The van der Waals surface area contributed by atoms with Gasteiger partial charge < -0.3 is 10.1 Å². The van der Waals surface area contributed by atoms with Crippen molar-refractivity contribution in [3.05, 3.63) is 41.1 Å². The van der Waals surface area contributed by atoms with E-state index in [0.29, 0.717) is 30.1 Å². The molecule has 0 saturated carbocycles. The first-order valence-electron chi connectivity index (χ1n) is 9.69. The number of ether oxygens (including phenoxy) is 1. The van der Waals surface area contributed by atoms with Crippen LogP contribution in [-0.2, 0) is 11.8 Å². The van der Waals surface area contributed by atoms with E-state index >= 15 is 0 Å². The van der Waals surface area contributed by atoms with Crippen molar-refractivity contribution in [2.45, 2.75) is 38.7 Å². The molecule has 0 radical (unpaired) electrons. The van der Waals surface area contributed by atoms with Crippen molar-refractivity contribution in [2.24, 2.45) is 7.05 Å². The Kier molecular flexibility index (Phi) is 4.71. The van der Waals surface area contributed by atoms with Crippen molar-refractivity contribution in [1.29, 1.82) is 0 Å². The van der Waals surface area contributed by atoms with Crippen LogP contribution in [0.1, 0.15) is 40.9 Å². The molecule has 1 saturated heterocycles. The number of rotatable bonds is 3. The zero-order valence-electron chi connectivity index (χ0n) is 16.6. The smallest absolute Gasteiger partial charge is 0.239 e. The van der Waals surface area contributed by atoms with Gasteiger partial charge >= 0.3 is 0 Å². The largest absolute Gasteiger partial charge is 0.486 e. The number of ketones is 1. The molecule has 1 fully saturated rings. The predicted molar refractivity (Wildman–Crippen MR) is 106 cm³/mol. The van der Waals surface area contributed by atoms with Gasteiger partial charge in [0.05, 0.1) is 24.2 Å². The molecule has 2 aromatic rings. The fourth-order valence-electron chi connectivity index (χ4n) is 4.12. The number of fused-ring (bicyclic) bond motifs is 1. The van der Waals surface area contributed by atoms with Crippen LogP contribution < -0.4 is 10.1 Å². The van der Waals surface area contributed by atoms with Gasteiger partial charge in [0, 0.05) is 39.0 Å². The molecular formula is C21H26N4O3. The van der Waals surface area contributed by atoms with Gasteiger partial charge in [0.2, 0.25) is 5.91 Å². The Bertz CT molecular complexity index is 926. The Morgan fingerprint density at radius 2 is 2.00 bits per heavy atom. The SMILES string of the molecule is Cc1ccc2c(c1)C(=O)CC1(CCN(CC(=O)Nc3cc(C)nn3C)CC1)O2. The number of benzene rings is 1. The number of anilines is 1. The average molecular weight is 382 g/mol. The average Bonchev–Trinajstić information content (AvgIpc) is 2.95. The number of carbonyl (C=O) groups excluding carboxylic acids is 2. The maximum atomic E-state index is 12.6. The minimum Gasteiger partial charge on any atom is -0.486 e. The number of hydrogen-bond acceptors (Lipinski definition) is 5. The van der Waals surface area contributed by atoms with Gasteiger partial charge in [0.15, 0.2) is 5.78 Å². The molecule has 2 aliphatic rings. The van der Waals surface area contributed by atoms with E-state index in [2.05, 4.69) is 15.3 Å². The van der Waals surface area contributed by atoms with Gasteiger partial charge in [-0.15, -0.1) is 0 Å². The highest BCUT2D eigenvalue weighted by Gasteiger charge is 2.43. The summed E-state index contributed by atoms with van der Waals surface area (Å²) in [6.07, 6.45) is 1.89. The standard InChI is InChI=1S/C21H26N4O3/c1-14-4-5-18-16(10-14)17(26)12-21(28-18)6-8-25(9-7-21)13-20(27)22-19-11-15(2)23-24(19)3/h4-5,10-11H,6-9,12-13H2,1-3H3,(H,22,27). The second-order valence-corrected chi connectivity index (χ2v) is 8.00. The first-order valence-corrected chi connectivity index (χ1v) is 9.69. The first kappa shape index (κ1) is 18.7. The summed E-state index contributed by atoms with van der Waals surface area (Å²) in [5, 5.41) is 7.15. The van der Waals surface area contributed by atoms with Crippen molar-refractivity contribution in [3.8, 4) is 5.75 Å². The van der Waals surface area contributed by atoms with Gasteiger partial charge in [-0.2, -0.15) is 5.10 Å². The summed E-state index contributed by atoms with van der Waals surface area (Å²) in [4.78, 5) is 27.1. The van der Waals surface area contributed by atoms with Crippen molar-refractivity contribution < 1.29 is 14.3 Å². The molecule has 1 spiro atoms. The van der Waals surface area contributed by atoms with Crippen LogP contribution in [0.2, 0.25) is 0 Å². The van der Waals surface area contributed by atoms with Gasteiger partial charge in [-0.1, -0.05) is 11.6 Å². The van der Waals surface area contributed by atoms with E-state index in [1.165, 1.54) is 0 Å². The molecule has 3 heterocycles. The highest BCUT2D eigenvalue weighted by atomic mass is 16.5. The number of hydrogen-bond donors (Lipinski definition) is 1. The monoisotopic (exact) mass is 382 g/mol. The van der Waals surface area contributed by atoms with E-state index in [1.54, 1.807) is 4.68 Å². The number of nitrogens with one attached hydrogen (secondary N) is 1. The van der Waals surface area contributed by atoms with Crippen molar-refractivity contribution >= 4 is 17.5 Å². The van der Waals surface area contributed by atoms with E-state index < -0.39 is 5.60 Å². The maximum Gasteiger partial charge on any atom is 0.239 e. The maximum absolute atomic E-state index is 12.6. The lowest BCUT2D eigenvalue weighted by atomic mass is 9.82. The Labute approximate surface area is 164 Å². The molecule has 2 aliphatic heterocycles. The van der Waals surface area contributed by atoms with E-state index in [9.17, 15) is 9.59 Å². The summed E-state index contributed by atoms with van der Waals surface area (Å²) < 4.78 is 7.96. The Hall–Kier alpha value is -2.67. The summed E-state index contributed by atoms with van der Waals surface area (Å²) in [5.74, 6) is 1.49. The van der Waals surface area contributed by atoms with Crippen LogP contribution in [0.4, 0.5) is 5.82 Å². The highest BCUT2D eigenvalue weighted by molar-refractivity contribution is 6.00. The summed E-state index contributed by atoms with van der Waals surface area (Å²) >= 11 is 0. The third-order valence-corrected chi connectivity index (χ3v) is 5.65. The molecule has 4 rings (SSSR count). The molecule has 28 heavy (non-hydrogen) atoms.